The van der Waals surface area contributed by atoms with Crippen LogP contribution in [0.25, 0.3) is 10.9 Å². The van der Waals surface area contributed by atoms with Crippen molar-refractivity contribution in [3.8, 4) is 0 Å². The normalized spacial score (nSPS) is 11.5. The average molecular weight is 316 g/mol. The molecule has 0 radical (unpaired) electrons. The molecule has 4 nitrogen and oxygen atoms in total. The number of hydrogen-bond acceptors (Lipinski definition) is 2. The number of hydrogen-bond donors (Lipinski definition) is 2. The van der Waals surface area contributed by atoms with Crippen molar-refractivity contribution in [3.63, 3.8) is 0 Å². The molecular formula is C19H28N2O2. The van der Waals surface area contributed by atoms with E-state index in [1.54, 1.807) is 0 Å². The Labute approximate surface area is 138 Å². The van der Waals surface area contributed by atoms with Crippen molar-refractivity contribution in [2.24, 2.45) is 5.73 Å². The molecule has 1 aromatic heterocycles. The maximum absolute atomic E-state index is 11.5. The second-order valence-corrected chi connectivity index (χ2v) is 6.52. The van der Waals surface area contributed by atoms with E-state index in [1.165, 1.54) is 11.1 Å². The molecule has 0 aliphatic carbocycles. The first-order valence-corrected chi connectivity index (χ1v) is 8.58. The number of nitrogens with zero attached hydrogens (tertiary/aromatic N) is 1. The van der Waals surface area contributed by atoms with Gasteiger partial charge in [-0.25, -0.2) is 4.79 Å². The van der Waals surface area contributed by atoms with Crippen LogP contribution in [0.3, 0.4) is 0 Å². The molecule has 0 fully saturated rings. The molecule has 0 saturated heterocycles. The molecule has 126 valence electrons. The standard InChI is InChI=1S/C19H28N2O2/c1-4-5-7-14-12-21(9-6-8-20)18-16(13(2)3)10-15(19(22)23)11-17(14)18/h10-13H,4-9,20H2,1-3H3,(H,22,23). The van der Waals surface area contributed by atoms with Gasteiger partial charge in [0.1, 0.15) is 0 Å². The largest absolute Gasteiger partial charge is 0.478 e. The fourth-order valence-corrected chi connectivity index (χ4v) is 3.11. The molecule has 1 heterocycles. The van der Waals surface area contributed by atoms with Crippen LogP contribution in [-0.4, -0.2) is 22.2 Å². The van der Waals surface area contributed by atoms with Crippen molar-refractivity contribution < 1.29 is 9.90 Å². The van der Waals surface area contributed by atoms with E-state index in [-0.39, 0.29) is 5.92 Å². The van der Waals surface area contributed by atoms with Gasteiger partial charge in [0.2, 0.25) is 0 Å². The summed E-state index contributed by atoms with van der Waals surface area (Å²) in [5, 5.41) is 10.5. The number of rotatable bonds is 8. The highest BCUT2D eigenvalue weighted by Crippen LogP contribution is 2.32. The highest BCUT2D eigenvalue weighted by Gasteiger charge is 2.17. The topological polar surface area (TPSA) is 68.2 Å². The Bertz CT molecular complexity index is 686. The molecular weight excluding hydrogens is 288 g/mol. The van der Waals surface area contributed by atoms with E-state index in [0.717, 1.165) is 43.2 Å². The van der Waals surface area contributed by atoms with Crippen LogP contribution in [-0.2, 0) is 13.0 Å². The number of aromatic carboxylic acids is 1. The Morgan fingerprint density at radius 1 is 1.30 bits per heavy atom. The van der Waals surface area contributed by atoms with E-state index < -0.39 is 5.97 Å². The molecule has 0 bridgehead atoms. The van der Waals surface area contributed by atoms with Gasteiger partial charge < -0.3 is 15.4 Å². The van der Waals surface area contributed by atoms with E-state index in [0.29, 0.717) is 12.1 Å². The van der Waals surface area contributed by atoms with Gasteiger partial charge in [-0.05, 0) is 55.0 Å². The van der Waals surface area contributed by atoms with Crippen molar-refractivity contribution in [3.05, 3.63) is 35.0 Å². The summed E-state index contributed by atoms with van der Waals surface area (Å²) >= 11 is 0. The Morgan fingerprint density at radius 3 is 2.61 bits per heavy atom. The van der Waals surface area contributed by atoms with E-state index in [9.17, 15) is 9.90 Å². The Balaban J connectivity index is 2.68. The number of unbranched alkanes of at least 4 members (excludes halogenated alkanes) is 1. The van der Waals surface area contributed by atoms with Crippen LogP contribution in [0.15, 0.2) is 18.3 Å². The monoisotopic (exact) mass is 316 g/mol. The second-order valence-electron chi connectivity index (χ2n) is 6.52. The first kappa shape index (κ1) is 17.5. The first-order chi connectivity index (χ1) is 11.0. The third-order valence-electron chi connectivity index (χ3n) is 4.36. The third-order valence-corrected chi connectivity index (χ3v) is 4.36. The maximum Gasteiger partial charge on any atom is 0.335 e. The summed E-state index contributed by atoms with van der Waals surface area (Å²) in [5.74, 6) is -0.577. The molecule has 0 spiro atoms. The van der Waals surface area contributed by atoms with Gasteiger partial charge >= 0.3 is 5.97 Å². The predicted octanol–water partition coefficient (Wildman–Crippen LogP) is 4.15. The molecule has 0 aliphatic heterocycles. The van der Waals surface area contributed by atoms with Crippen molar-refractivity contribution in [1.29, 1.82) is 0 Å². The summed E-state index contributed by atoms with van der Waals surface area (Å²) in [6.07, 6.45) is 6.36. The number of carboxylic acid groups (broad SMARTS) is 1. The number of fused-ring (bicyclic) bond motifs is 1. The minimum absolute atomic E-state index is 0.280. The molecule has 0 amide bonds. The lowest BCUT2D eigenvalue weighted by atomic mass is 9.95. The van der Waals surface area contributed by atoms with Gasteiger partial charge in [0.05, 0.1) is 11.1 Å². The molecule has 0 saturated carbocycles. The van der Waals surface area contributed by atoms with E-state index in [4.69, 9.17) is 5.73 Å². The Morgan fingerprint density at radius 2 is 2.04 bits per heavy atom. The van der Waals surface area contributed by atoms with Gasteiger partial charge in [0, 0.05) is 18.1 Å². The fraction of sp³-hybridized carbons (Fsp3) is 0.526. The smallest absolute Gasteiger partial charge is 0.335 e. The Kier molecular flexibility index (Phi) is 5.83. The van der Waals surface area contributed by atoms with E-state index in [2.05, 4.69) is 31.5 Å². The van der Waals surface area contributed by atoms with Gasteiger partial charge in [-0.2, -0.15) is 0 Å². The number of benzene rings is 1. The van der Waals surface area contributed by atoms with Crippen LogP contribution in [0.2, 0.25) is 0 Å². The van der Waals surface area contributed by atoms with Crippen molar-refractivity contribution in [2.45, 2.75) is 58.9 Å². The second kappa shape index (κ2) is 7.64. The summed E-state index contributed by atoms with van der Waals surface area (Å²) in [5.41, 5.74) is 9.61. The number of aromatic nitrogens is 1. The molecule has 23 heavy (non-hydrogen) atoms. The van der Waals surface area contributed by atoms with Gasteiger partial charge in [-0.15, -0.1) is 0 Å². The molecule has 2 aromatic rings. The van der Waals surface area contributed by atoms with E-state index in [1.807, 2.05) is 12.1 Å². The van der Waals surface area contributed by atoms with Gasteiger partial charge in [0.15, 0.2) is 0 Å². The summed E-state index contributed by atoms with van der Waals surface area (Å²) < 4.78 is 2.27. The van der Waals surface area contributed by atoms with Crippen LogP contribution in [0.1, 0.15) is 67.4 Å². The summed E-state index contributed by atoms with van der Waals surface area (Å²) in [7, 11) is 0. The van der Waals surface area contributed by atoms with Gasteiger partial charge in [0.25, 0.3) is 0 Å². The lowest BCUT2D eigenvalue weighted by Gasteiger charge is -2.13. The number of aryl methyl sites for hydroxylation is 2. The average Bonchev–Trinajstić information content (AvgIpc) is 2.87. The molecule has 0 atom stereocenters. The zero-order chi connectivity index (χ0) is 17.0. The van der Waals surface area contributed by atoms with Crippen molar-refractivity contribution >= 4 is 16.9 Å². The van der Waals surface area contributed by atoms with Crippen molar-refractivity contribution in [1.82, 2.24) is 4.57 Å². The van der Waals surface area contributed by atoms with Crippen LogP contribution < -0.4 is 5.73 Å². The van der Waals surface area contributed by atoms with E-state index >= 15 is 0 Å². The molecule has 0 unspecified atom stereocenters. The highest BCUT2D eigenvalue weighted by atomic mass is 16.4. The van der Waals surface area contributed by atoms with Gasteiger partial charge in [-0.3, -0.25) is 0 Å². The molecule has 2 rings (SSSR count). The molecule has 4 heteroatoms. The number of nitrogens with two attached hydrogens (primary N) is 1. The predicted molar refractivity (Wildman–Crippen MR) is 95.3 cm³/mol. The van der Waals surface area contributed by atoms with Gasteiger partial charge in [-0.1, -0.05) is 27.2 Å². The van der Waals surface area contributed by atoms with Crippen LogP contribution in [0.5, 0.6) is 0 Å². The number of carbonyl (C=O) groups is 1. The van der Waals surface area contributed by atoms with Crippen LogP contribution in [0.4, 0.5) is 0 Å². The zero-order valence-electron chi connectivity index (χ0n) is 14.4. The highest BCUT2D eigenvalue weighted by molar-refractivity contribution is 5.97. The third kappa shape index (κ3) is 3.75. The lowest BCUT2D eigenvalue weighted by molar-refractivity contribution is 0.0697. The number of carboxylic acids is 1. The summed E-state index contributed by atoms with van der Waals surface area (Å²) in [6, 6.07) is 3.67. The Hall–Kier alpha value is -1.81. The molecule has 0 aliphatic rings. The summed E-state index contributed by atoms with van der Waals surface area (Å²) in [4.78, 5) is 11.5. The minimum Gasteiger partial charge on any atom is -0.478 e. The summed E-state index contributed by atoms with van der Waals surface area (Å²) in [6.45, 7) is 7.95. The minimum atomic E-state index is -0.857. The fourth-order valence-electron chi connectivity index (χ4n) is 3.11. The van der Waals surface area contributed by atoms with Crippen molar-refractivity contribution in [2.75, 3.05) is 6.54 Å². The molecule has 3 N–H and O–H groups in total. The lowest BCUT2D eigenvalue weighted by Crippen LogP contribution is -2.07. The zero-order valence-corrected chi connectivity index (χ0v) is 14.4. The first-order valence-electron chi connectivity index (χ1n) is 8.58. The molecule has 1 aromatic carbocycles. The van der Waals surface area contributed by atoms with Crippen LogP contribution >= 0.6 is 0 Å². The quantitative estimate of drug-likeness (QED) is 0.768. The van der Waals surface area contributed by atoms with Crippen LogP contribution in [0, 0.1) is 0 Å². The SMILES string of the molecule is CCCCc1cn(CCCN)c2c(C(C)C)cc(C(=O)O)cc12. The maximum atomic E-state index is 11.5.